The Kier molecular flexibility index (Phi) is 6.17. The minimum atomic E-state index is -4.30. The molecule has 0 saturated heterocycles. The van der Waals surface area contributed by atoms with E-state index in [4.69, 9.17) is 4.74 Å². The van der Waals surface area contributed by atoms with Crippen LogP contribution in [0.4, 0.5) is 28.2 Å². The van der Waals surface area contributed by atoms with E-state index >= 15 is 0 Å². The van der Waals surface area contributed by atoms with Gasteiger partial charge in [0.15, 0.2) is 38.9 Å². The quantitative estimate of drug-likeness (QED) is 0.302. The molecule has 7 nitrogen and oxygen atoms in total. The van der Waals surface area contributed by atoms with E-state index < -0.39 is 43.8 Å². The van der Waals surface area contributed by atoms with Crippen molar-refractivity contribution in [3.63, 3.8) is 0 Å². The van der Waals surface area contributed by atoms with Gasteiger partial charge in [0.2, 0.25) is 0 Å². The number of benzene rings is 2. The van der Waals surface area contributed by atoms with E-state index in [1.54, 1.807) is 6.92 Å². The van der Waals surface area contributed by atoms with Crippen molar-refractivity contribution in [2.24, 2.45) is 0 Å². The van der Waals surface area contributed by atoms with Gasteiger partial charge in [-0.2, -0.15) is 0 Å². The van der Waals surface area contributed by atoms with E-state index in [9.17, 15) is 30.8 Å². The van der Waals surface area contributed by atoms with Gasteiger partial charge in [0.1, 0.15) is 11.6 Å². The number of anilines is 1. The lowest BCUT2D eigenvalue weighted by Gasteiger charge is -2.28. The molecule has 4 rings (SSSR count). The van der Waals surface area contributed by atoms with Crippen LogP contribution in [0.2, 0.25) is 0 Å². The molecule has 1 aliphatic heterocycles. The fourth-order valence-electron chi connectivity index (χ4n) is 3.38. The van der Waals surface area contributed by atoms with Gasteiger partial charge in [-0.3, -0.25) is 5.32 Å². The zero-order valence-corrected chi connectivity index (χ0v) is 18.4. The molecule has 0 unspecified atom stereocenters. The van der Waals surface area contributed by atoms with Crippen molar-refractivity contribution in [1.29, 1.82) is 0 Å². The molecule has 1 aromatic heterocycles. The summed E-state index contributed by atoms with van der Waals surface area (Å²) in [7, 11) is -4.30. The number of rotatable bonds is 6. The van der Waals surface area contributed by atoms with Crippen LogP contribution in [-0.2, 0) is 22.1 Å². The number of halogens is 4. The first-order valence-electron chi connectivity index (χ1n) is 9.96. The number of pyridine rings is 1. The number of amides is 2. The van der Waals surface area contributed by atoms with Gasteiger partial charge in [0, 0.05) is 12.7 Å². The molecule has 34 heavy (non-hydrogen) atoms. The number of nitrogens with zero attached hydrogens (tertiary/aromatic N) is 2. The van der Waals surface area contributed by atoms with E-state index in [1.165, 1.54) is 29.3 Å². The molecule has 178 valence electrons. The summed E-state index contributed by atoms with van der Waals surface area (Å²) in [6.45, 7) is 2.42. The topological polar surface area (TPSA) is 88.6 Å². The van der Waals surface area contributed by atoms with Crippen molar-refractivity contribution in [2.75, 3.05) is 11.9 Å². The number of fused-ring (bicyclic) bond motifs is 1. The molecule has 2 amide bonds. The van der Waals surface area contributed by atoms with Crippen molar-refractivity contribution in [1.82, 2.24) is 9.88 Å². The maximum absolute atomic E-state index is 14.7. The third-order valence-electron chi connectivity index (χ3n) is 5.15. The van der Waals surface area contributed by atoms with Crippen molar-refractivity contribution in [3.05, 3.63) is 77.0 Å². The highest BCUT2D eigenvalue weighted by Crippen LogP contribution is 2.34. The number of aromatic nitrogens is 1. The maximum Gasteiger partial charge on any atom is 0.323 e. The summed E-state index contributed by atoms with van der Waals surface area (Å²) in [5.41, 5.74) is 0.520. The van der Waals surface area contributed by atoms with Crippen LogP contribution in [0.25, 0.3) is 0 Å². The fraction of sp³-hybridized carbons (Fsp3) is 0.182. The molecule has 1 aliphatic rings. The minimum Gasteiger partial charge on any atom is -0.454 e. The second kappa shape index (κ2) is 8.93. The number of nitrogens with one attached hydrogen (secondary N) is 1. The smallest absolute Gasteiger partial charge is 0.323 e. The molecule has 0 bridgehead atoms. The van der Waals surface area contributed by atoms with Gasteiger partial charge in [0.25, 0.3) is 0 Å². The molecule has 0 saturated carbocycles. The summed E-state index contributed by atoms with van der Waals surface area (Å²) >= 11 is 0. The Bertz CT molecular complexity index is 1380. The van der Waals surface area contributed by atoms with Crippen LogP contribution in [0, 0.1) is 23.3 Å². The van der Waals surface area contributed by atoms with Crippen molar-refractivity contribution < 1.29 is 35.5 Å². The standard InChI is InChI=1S/C22H17F4N3O4S/c1-2-29-10-14-18(5-6-27-21(14)28-22(29)30)33-19-4-3-12(7-15(19)23)11-34(31,32)13-8-16(24)20(26)17(25)9-13/h3-9H,2,10-11H2,1H3,(H,27,28,30). The molecular formula is C22H17F4N3O4S. The minimum absolute atomic E-state index is 0.0174. The van der Waals surface area contributed by atoms with E-state index in [0.29, 0.717) is 24.2 Å². The molecule has 1 N–H and O–H groups in total. The van der Waals surface area contributed by atoms with Gasteiger partial charge in [-0.25, -0.2) is 35.8 Å². The molecule has 0 atom stereocenters. The summed E-state index contributed by atoms with van der Waals surface area (Å²) in [5, 5.41) is 2.62. The van der Waals surface area contributed by atoms with Crippen LogP contribution in [0.15, 0.2) is 47.5 Å². The number of urea groups is 1. The third kappa shape index (κ3) is 4.53. The van der Waals surface area contributed by atoms with E-state index in [2.05, 4.69) is 10.3 Å². The summed E-state index contributed by atoms with van der Waals surface area (Å²) in [6.07, 6.45) is 1.38. The lowest BCUT2D eigenvalue weighted by molar-refractivity contribution is 0.209. The predicted molar refractivity (Wildman–Crippen MR) is 113 cm³/mol. The zero-order chi connectivity index (χ0) is 24.6. The first-order valence-corrected chi connectivity index (χ1v) is 11.6. The number of carbonyl (C=O) groups excluding carboxylic acids is 1. The number of sulfone groups is 1. The van der Waals surface area contributed by atoms with E-state index in [1.807, 2.05) is 0 Å². The monoisotopic (exact) mass is 495 g/mol. The summed E-state index contributed by atoms with van der Waals surface area (Å²) in [5.74, 6) is -6.42. The number of carbonyl (C=O) groups is 1. The average molecular weight is 495 g/mol. The lowest BCUT2D eigenvalue weighted by atomic mass is 10.2. The SMILES string of the molecule is CCN1Cc2c(Oc3ccc(CS(=O)(=O)c4cc(F)c(F)c(F)c4)cc3F)ccnc2NC1=O. The Morgan fingerprint density at radius 1 is 1.03 bits per heavy atom. The molecule has 12 heteroatoms. The highest BCUT2D eigenvalue weighted by molar-refractivity contribution is 7.90. The zero-order valence-electron chi connectivity index (χ0n) is 17.6. The van der Waals surface area contributed by atoms with Gasteiger partial charge in [-0.15, -0.1) is 0 Å². The largest absolute Gasteiger partial charge is 0.454 e. The van der Waals surface area contributed by atoms with Gasteiger partial charge in [0.05, 0.1) is 22.8 Å². The molecule has 0 spiro atoms. The van der Waals surface area contributed by atoms with E-state index in [0.717, 1.165) is 6.07 Å². The molecular weight excluding hydrogens is 478 g/mol. The molecule has 2 heterocycles. The van der Waals surface area contributed by atoms with E-state index in [-0.39, 0.29) is 35.5 Å². The molecule has 0 radical (unpaired) electrons. The lowest BCUT2D eigenvalue weighted by Crippen LogP contribution is -2.38. The Morgan fingerprint density at radius 2 is 1.74 bits per heavy atom. The Morgan fingerprint density at radius 3 is 2.38 bits per heavy atom. The van der Waals surface area contributed by atoms with Crippen molar-refractivity contribution in [2.45, 2.75) is 24.1 Å². The predicted octanol–water partition coefficient (Wildman–Crippen LogP) is 4.77. The normalized spacial score (nSPS) is 13.4. The number of ether oxygens (including phenoxy) is 1. The Labute approximate surface area is 191 Å². The fourth-order valence-corrected chi connectivity index (χ4v) is 4.73. The van der Waals surface area contributed by atoms with Crippen molar-refractivity contribution in [3.8, 4) is 11.5 Å². The van der Waals surface area contributed by atoms with Crippen LogP contribution in [0.5, 0.6) is 11.5 Å². The van der Waals surface area contributed by atoms with Gasteiger partial charge >= 0.3 is 6.03 Å². The summed E-state index contributed by atoms with van der Waals surface area (Å²) in [6, 6.07) is 5.31. The maximum atomic E-state index is 14.7. The second-order valence-electron chi connectivity index (χ2n) is 7.41. The first-order chi connectivity index (χ1) is 16.1. The van der Waals surface area contributed by atoms with Gasteiger partial charge in [-0.1, -0.05) is 6.07 Å². The first kappa shape index (κ1) is 23.5. The van der Waals surface area contributed by atoms with Crippen LogP contribution in [0.1, 0.15) is 18.1 Å². The summed E-state index contributed by atoms with van der Waals surface area (Å²) < 4.78 is 85.4. The number of hydrogen-bond donors (Lipinski definition) is 1. The molecule has 0 fully saturated rings. The Hall–Kier alpha value is -3.67. The average Bonchev–Trinajstić information content (AvgIpc) is 2.78. The molecule has 3 aromatic rings. The van der Waals surface area contributed by atoms with Crippen LogP contribution in [-0.4, -0.2) is 30.9 Å². The van der Waals surface area contributed by atoms with Crippen LogP contribution < -0.4 is 10.1 Å². The summed E-state index contributed by atoms with van der Waals surface area (Å²) in [4.78, 5) is 16.8. The van der Waals surface area contributed by atoms with Crippen LogP contribution >= 0.6 is 0 Å². The van der Waals surface area contributed by atoms with Gasteiger partial charge in [-0.05, 0) is 42.8 Å². The molecule has 0 aliphatic carbocycles. The highest BCUT2D eigenvalue weighted by atomic mass is 32.2. The second-order valence-corrected chi connectivity index (χ2v) is 9.40. The third-order valence-corrected chi connectivity index (χ3v) is 6.81. The Balaban J connectivity index is 1.57. The molecule has 2 aromatic carbocycles. The van der Waals surface area contributed by atoms with Crippen molar-refractivity contribution >= 4 is 21.7 Å². The van der Waals surface area contributed by atoms with Crippen LogP contribution in [0.3, 0.4) is 0 Å². The highest BCUT2D eigenvalue weighted by Gasteiger charge is 2.26. The number of hydrogen-bond acceptors (Lipinski definition) is 5. The van der Waals surface area contributed by atoms with Gasteiger partial charge < -0.3 is 9.64 Å².